The number of nitrogens with one attached hydrogen (secondary N) is 1. The van der Waals surface area contributed by atoms with Gasteiger partial charge in [-0.1, -0.05) is 30.3 Å². The molecule has 1 aliphatic heterocycles. The van der Waals surface area contributed by atoms with E-state index in [0.29, 0.717) is 11.5 Å². The van der Waals surface area contributed by atoms with Crippen LogP contribution in [-0.2, 0) is 11.3 Å². The molecule has 0 saturated heterocycles. The molecule has 7 nitrogen and oxygen atoms in total. The van der Waals surface area contributed by atoms with E-state index in [4.69, 9.17) is 14.2 Å². The second kappa shape index (κ2) is 6.27. The largest absolute Gasteiger partial charge is 0.478 e. The molecule has 0 saturated carbocycles. The number of fused-ring (bicyclic) bond motifs is 1. The first-order valence-electron chi connectivity index (χ1n) is 6.78. The molecule has 0 unspecified atom stereocenters. The van der Waals surface area contributed by atoms with Crippen LogP contribution in [0.25, 0.3) is 0 Å². The fourth-order valence-electron chi connectivity index (χ4n) is 2.09. The molecule has 23 heavy (non-hydrogen) atoms. The number of benzene rings is 2. The molecule has 2 aromatic rings. The summed E-state index contributed by atoms with van der Waals surface area (Å²) in [4.78, 5) is 23.2. The van der Waals surface area contributed by atoms with Gasteiger partial charge in [-0.3, -0.25) is 5.32 Å². The van der Waals surface area contributed by atoms with E-state index in [1.807, 2.05) is 30.3 Å². The Hall–Kier alpha value is -3.22. The van der Waals surface area contributed by atoms with Crippen LogP contribution < -0.4 is 14.8 Å². The zero-order chi connectivity index (χ0) is 16.2. The Labute approximate surface area is 131 Å². The van der Waals surface area contributed by atoms with E-state index >= 15 is 0 Å². The van der Waals surface area contributed by atoms with Gasteiger partial charge in [-0.25, -0.2) is 9.59 Å². The van der Waals surface area contributed by atoms with E-state index in [2.05, 4.69) is 5.32 Å². The van der Waals surface area contributed by atoms with Gasteiger partial charge in [0.25, 0.3) is 0 Å². The van der Waals surface area contributed by atoms with Crippen molar-refractivity contribution in [2.24, 2.45) is 0 Å². The molecule has 2 aromatic carbocycles. The molecule has 0 atom stereocenters. The molecule has 1 amide bonds. The van der Waals surface area contributed by atoms with Crippen molar-refractivity contribution in [3.8, 4) is 11.5 Å². The molecule has 1 heterocycles. The van der Waals surface area contributed by atoms with Crippen LogP contribution in [0.4, 0.5) is 10.5 Å². The Morgan fingerprint density at radius 1 is 1.13 bits per heavy atom. The maximum atomic E-state index is 11.9. The second-order valence-corrected chi connectivity index (χ2v) is 4.74. The van der Waals surface area contributed by atoms with Crippen LogP contribution in [0.3, 0.4) is 0 Å². The zero-order valence-corrected chi connectivity index (χ0v) is 11.9. The number of hydrogen-bond acceptors (Lipinski definition) is 5. The Morgan fingerprint density at radius 3 is 2.52 bits per heavy atom. The van der Waals surface area contributed by atoms with Gasteiger partial charge in [-0.2, -0.15) is 0 Å². The number of rotatable bonds is 4. The lowest BCUT2D eigenvalue weighted by Gasteiger charge is -2.10. The minimum absolute atomic E-state index is 0.0102. The highest BCUT2D eigenvalue weighted by atomic mass is 16.7. The van der Waals surface area contributed by atoms with Crippen molar-refractivity contribution in [3.05, 3.63) is 53.6 Å². The van der Waals surface area contributed by atoms with Crippen molar-refractivity contribution in [1.29, 1.82) is 0 Å². The van der Waals surface area contributed by atoms with Crippen LogP contribution in [0.1, 0.15) is 15.9 Å². The molecule has 1 aliphatic rings. The minimum atomic E-state index is -1.19. The van der Waals surface area contributed by atoms with Crippen LogP contribution in [-0.4, -0.2) is 24.0 Å². The minimum Gasteiger partial charge on any atom is -0.478 e. The van der Waals surface area contributed by atoms with Gasteiger partial charge in [0.15, 0.2) is 11.5 Å². The summed E-state index contributed by atoms with van der Waals surface area (Å²) in [6.07, 6.45) is -0.754. The summed E-state index contributed by atoms with van der Waals surface area (Å²) < 4.78 is 15.4. The molecule has 0 bridgehead atoms. The summed E-state index contributed by atoms with van der Waals surface area (Å²) in [6, 6.07) is 11.9. The van der Waals surface area contributed by atoms with Gasteiger partial charge in [0, 0.05) is 12.1 Å². The summed E-state index contributed by atoms with van der Waals surface area (Å²) in [7, 11) is 0. The number of carboxylic acid groups (broad SMARTS) is 1. The Morgan fingerprint density at radius 2 is 1.83 bits per heavy atom. The number of aromatic carboxylic acids is 1. The zero-order valence-electron chi connectivity index (χ0n) is 11.9. The topological polar surface area (TPSA) is 94.1 Å². The first-order valence-corrected chi connectivity index (χ1v) is 6.78. The molecule has 0 spiro atoms. The van der Waals surface area contributed by atoms with Crippen LogP contribution in [0, 0.1) is 0 Å². The Balaban J connectivity index is 1.71. The Bertz CT molecular complexity index is 744. The van der Waals surface area contributed by atoms with Crippen LogP contribution in [0.5, 0.6) is 11.5 Å². The maximum absolute atomic E-state index is 11.9. The van der Waals surface area contributed by atoms with Crippen LogP contribution >= 0.6 is 0 Å². The summed E-state index contributed by atoms with van der Waals surface area (Å²) in [5.74, 6) is -0.499. The van der Waals surface area contributed by atoms with E-state index in [1.165, 1.54) is 12.1 Å². The fourth-order valence-corrected chi connectivity index (χ4v) is 2.09. The van der Waals surface area contributed by atoms with Gasteiger partial charge >= 0.3 is 12.1 Å². The lowest BCUT2D eigenvalue weighted by atomic mass is 10.1. The van der Waals surface area contributed by atoms with Crippen molar-refractivity contribution in [2.75, 3.05) is 12.1 Å². The van der Waals surface area contributed by atoms with E-state index in [0.717, 1.165) is 5.56 Å². The standard InChI is InChI=1S/C16H13NO6/c18-15(19)11-6-13-14(23-9-22-13)7-12(11)17-16(20)21-8-10-4-2-1-3-5-10/h1-7H,8-9H2,(H,17,20)(H,18,19). The molecule has 3 rings (SSSR count). The SMILES string of the molecule is O=C(Nc1cc2c(cc1C(=O)O)OCO2)OCc1ccccc1. The smallest absolute Gasteiger partial charge is 0.411 e. The first kappa shape index (κ1) is 14.7. The van der Waals surface area contributed by atoms with Gasteiger partial charge in [0.05, 0.1) is 11.3 Å². The predicted molar refractivity (Wildman–Crippen MR) is 79.8 cm³/mol. The number of carbonyl (C=O) groups excluding carboxylic acids is 1. The molecule has 7 heteroatoms. The number of ether oxygens (including phenoxy) is 3. The lowest BCUT2D eigenvalue weighted by Crippen LogP contribution is -2.16. The summed E-state index contributed by atoms with van der Waals surface area (Å²) in [6.45, 7) is 0.0932. The van der Waals surface area contributed by atoms with Gasteiger partial charge in [-0.15, -0.1) is 0 Å². The number of carboxylic acids is 1. The highest BCUT2D eigenvalue weighted by Crippen LogP contribution is 2.37. The third-order valence-corrected chi connectivity index (χ3v) is 3.19. The van der Waals surface area contributed by atoms with Crippen molar-refractivity contribution < 1.29 is 28.9 Å². The second-order valence-electron chi connectivity index (χ2n) is 4.74. The van der Waals surface area contributed by atoms with Crippen molar-refractivity contribution in [3.63, 3.8) is 0 Å². The molecular formula is C16H13NO6. The van der Waals surface area contributed by atoms with Gasteiger partial charge in [-0.05, 0) is 5.56 Å². The first-order chi connectivity index (χ1) is 11.1. The molecule has 118 valence electrons. The van der Waals surface area contributed by atoms with Crippen LogP contribution in [0.2, 0.25) is 0 Å². The monoisotopic (exact) mass is 315 g/mol. The third kappa shape index (κ3) is 3.34. The van der Waals surface area contributed by atoms with Crippen molar-refractivity contribution in [2.45, 2.75) is 6.61 Å². The molecule has 0 aromatic heterocycles. The number of amides is 1. The molecule has 0 fully saturated rings. The van der Waals surface area contributed by atoms with Gasteiger partial charge in [0.1, 0.15) is 6.61 Å². The quantitative estimate of drug-likeness (QED) is 0.901. The van der Waals surface area contributed by atoms with E-state index in [1.54, 1.807) is 0 Å². The Kier molecular flexibility index (Phi) is 4.01. The third-order valence-electron chi connectivity index (χ3n) is 3.19. The summed E-state index contributed by atoms with van der Waals surface area (Å²) in [5, 5.41) is 11.6. The van der Waals surface area contributed by atoms with E-state index in [-0.39, 0.29) is 24.7 Å². The average molecular weight is 315 g/mol. The normalized spacial score (nSPS) is 11.8. The molecule has 0 aliphatic carbocycles. The molecular weight excluding hydrogens is 302 g/mol. The summed E-state index contributed by atoms with van der Waals surface area (Å²) in [5.41, 5.74) is 0.803. The number of anilines is 1. The molecule has 0 radical (unpaired) electrons. The van der Waals surface area contributed by atoms with E-state index in [9.17, 15) is 14.7 Å². The van der Waals surface area contributed by atoms with Crippen molar-refractivity contribution in [1.82, 2.24) is 0 Å². The van der Waals surface area contributed by atoms with Gasteiger partial charge in [0.2, 0.25) is 6.79 Å². The predicted octanol–water partition coefficient (Wildman–Crippen LogP) is 2.86. The maximum Gasteiger partial charge on any atom is 0.411 e. The summed E-state index contributed by atoms with van der Waals surface area (Å²) >= 11 is 0. The number of carbonyl (C=O) groups is 2. The lowest BCUT2D eigenvalue weighted by molar-refractivity contribution is 0.0697. The highest BCUT2D eigenvalue weighted by molar-refractivity contribution is 5.99. The molecule has 2 N–H and O–H groups in total. The van der Waals surface area contributed by atoms with E-state index < -0.39 is 12.1 Å². The average Bonchev–Trinajstić information content (AvgIpc) is 3.00. The number of hydrogen-bond donors (Lipinski definition) is 2. The van der Waals surface area contributed by atoms with Gasteiger partial charge < -0.3 is 19.3 Å². The van der Waals surface area contributed by atoms with Crippen LogP contribution in [0.15, 0.2) is 42.5 Å². The van der Waals surface area contributed by atoms with Crippen molar-refractivity contribution >= 4 is 17.7 Å². The fraction of sp³-hybridized carbons (Fsp3) is 0.125. The highest BCUT2D eigenvalue weighted by Gasteiger charge is 2.22.